The number of aliphatic carboxylic acids is 1. The van der Waals surface area contributed by atoms with E-state index < -0.39 is 12.1 Å². The van der Waals surface area contributed by atoms with Crippen molar-refractivity contribution < 1.29 is 27.9 Å². The second-order valence-electron chi connectivity index (χ2n) is 8.08. The van der Waals surface area contributed by atoms with E-state index >= 15 is 0 Å². The number of carboxylic acid groups (broad SMARTS) is 1. The maximum absolute atomic E-state index is 12.7. The Kier molecular flexibility index (Phi) is 6.71. The number of anilines is 1. The van der Waals surface area contributed by atoms with Crippen molar-refractivity contribution in [3.05, 3.63) is 74.9 Å². The predicted molar refractivity (Wildman–Crippen MR) is 125 cm³/mol. The van der Waals surface area contributed by atoms with Gasteiger partial charge in [-0.15, -0.1) is 11.3 Å². The summed E-state index contributed by atoms with van der Waals surface area (Å²) in [5.74, 6) is -2.82. The molecule has 0 spiro atoms. The highest BCUT2D eigenvalue weighted by atomic mass is 35.5. The second kappa shape index (κ2) is 9.40. The van der Waals surface area contributed by atoms with Crippen LogP contribution in [0.5, 0.6) is 0 Å². The second-order valence-corrected chi connectivity index (χ2v) is 9.43. The number of nitrogens with one attached hydrogen (secondary N) is 1. The number of alkyl halides is 3. The van der Waals surface area contributed by atoms with Crippen LogP contribution in [0.2, 0.25) is 5.02 Å². The lowest BCUT2D eigenvalue weighted by Crippen LogP contribution is -2.21. The van der Waals surface area contributed by atoms with Crippen molar-refractivity contribution in [2.24, 2.45) is 0 Å². The van der Waals surface area contributed by atoms with Gasteiger partial charge in [0.25, 0.3) is 5.91 Å². The van der Waals surface area contributed by atoms with Gasteiger partial charge in [0.1, 0.15) is 0 Å². The molecule has 5 rings (SSSR count). The number of carbonyl (C=O) groups excluding carboxylic acids is 1. The highest BCUT2D eigenvalue weighted by Gasteiger charge is 2.41. The predicted octanol–water partition coefficient (Wildman–Crippen LogP) is 6.78. The van der Waals surface area contributed by atoms with Gasteiger partial charge in [-0.2, -0.15) is 13.2 Å². The molecule has 2 bridgehead atoms. The molecule has 10 heteroatoms. The molecule has 34 heavy (non-hydrogen) atoms. The van der Waals surface area contributed by atoms with Crippen molar-refractivity contribution in [1.82, 2.24) is 4.90 Å². The minimum atomic E-state index is -5.08. The van der Waals surface area contributed by atoms with Crippen LogP contribution in [0.3, 0.4) is 0 Å². The molecule has 2 aliphatic rings. The molecule has 1 saturated heterocycles. The van der Waals surface area contributed by atoms with Crippen LogP contribution in [-0.2, 0) is 4.79 Å². The van der Waals surface area contributed by atoms with E-state index in [0.717, 1.165) is 16.8 Å². The number of benzene rings is 2. The van der Waals surface area contributed by atoms with Crippen molar-refractivity contribution in [2.45, 2.75) is 31.1 Å². The zero-order valence-electron chi connectivity index (χ0n) is 17.9. The Morgan fingerprint density at radius 1 is 1.03 bits per heavy atom. The van der Waals surface area contributed by atoms with E-state index in [1.54, 1.807) is 0 Å². The van der Waals surface area contributed by atoms with E-state index in [0.29, 0.717) is 22.0 Å². The van der Waals surface area contributed by atoms with Gasteiger partial charge in [-0.05, 0) is 77.9 Å². The molecule has 2 atom stereocenters. The van der Waals surface area contributed by atoms with E-state index in [4.69, 9.17) is 21.5 Å². The summed E-state index contributed by atoms with van der Waals surface area (Å²) in [5.41, 5.74) is 5.77. The quantitative estimate of drug-likeness (QED) is 0.409. The Hall–Kier alpha value is -2.88. The molecule has 1 amide bonds. The van der Waals surface area contributed by atoms with Crippen LogP contribution in [0.1, 0.15) is 45.7 Å². The molecule has 3 aromatic rings. The molecule has 5 nitrogen and oxygen atoms in total. The zero-order chi connectivity index (χ0) is 24.6. The third kappa shape index (κ3) is 4.96. The minimum absolute atomic E-state index is 0.0586. The molecule has 3 heterocycles. The summed E-state index contributed by atoms with van der Waals surface area (Å²) in [6.07, 6.45) is -2.64. The van der Waals surface area contributed by atoms with Crippen LogP contribution in [0, 0.1) is 0 Å². The monoisotopic (exact) mass is 508 g/mol. The number of amides is 1. The highest BCUT2D eigenvalue weighted by molar-refractivity contribution is 7.12. The van der Waals surface area contributed by atoms with Crippen molar-refractivity contribution in [2.75, 3.05) is 12.4 Å². The molecule has 2 aliphatic heterocycles. The number of halogens is 4. The lowest BCUT2D eigenvalue weighted by Gasteiger charge is -2.14. The number of rotatable bonds is 3. The van der Waals surface area contributed by atoms with Gasteiger partial charge in [0.05, 0.1) is 4.88 Å². The molecule has 1 fully saturated rings. The third-order valence-corrected chi connectivity index (χ3v) is 7.18. The summed E-state index contributed by atoms with van der Waals surface area (Å²) < 4.78 is 31.7. The van der Waals surface area contributed by atoms with Gasteiger partial charge in [-0.1, -0.05) is 29.8 Å². The van der Waals surface area contributed by atoms with Crippen LogP contribution < -0.4 is 5.32 Å². The Morgan fingerprint density at radius 3 is 2.26 bits per heavy atom. The van der Waals surface area contributed by atoms with Crippen LogP contribution in [0.15, 0.2) is 53.9 Å². The van der Waals surface area contributed by atoms with E-state index in [1.165, 1.54) is 35.3 Å². The van der Waals surface area contributed by atoms with E-state index in [1.807, 2.05) is 41.8 Å². The average Bonchev–Trinajstić information content (AvgIpc) is 3.48. The number of hydrogen-bond acceptors (Lipinski definition) is 4. The topological polar surface area (TPSA) is 69.6 Å². The molecule has 178 valence electrons. The van der Waals surface area contributed by atoms with Gasteiger partial charge >= 0.3 is 12.1 Å². The van der Waals surface area contributed by atoms with Crippen LogP contribution in [0.4, 0.5) is 18.9 Å². The van der Waals surface area contributed by atoms with Crippen LogP contribution in [-0.4, -0.2) is 35.1 Å². The molecule has 2 aromatic carbocycles. The first kappa shape index (κ1) is 24.3. The van der Waals surface area contributed by atoms with E-state index in [2.05, 4.69) is 29.4 Å². The molecule has 1 aromatic heterocycles. The van der Waals surface area contributed by atoms with Gasteiger partial charge in [-0.25, -0.2) is 4.79 Å². The standard InChI is InChI=1S/C22H19ClN2OS.C2HF3O2/c1-25-19-8-9-20(25)18-11-16(6-7-17(18)19)24-22(26)21-10-14(12-27-21)13-2-4-15(23)5-3-13;3-2(4,5)1(6)7/h2-7,10-12,19-20H,8-9H2,1H3,(H,24,26);(H,6,7). The fourth-order valence-corrected chi connectivity index (χ4v) is 5.31. The van der Waals surface area contributed by atoms with Crippen molar-refractivity contribution in [1.29, 1.82) is 0 Å². The number of thiophene rings is 1. The molecule has 0 radical (unpaired) electrons. The van der Waals surface area contributed by atoms with Crippen molar-refractivity contribution in [3.63, 3.8) is 0 Å². The van der Waals surface area contributed by atoms with Crippen LogP contribution >= 0.6 is 22.9 Å². The number of carbonyl (C=O) groups is 2. The van der Waals surface area contributed by atoms with E-state index in [9.17, 15) is 18.0 Å². The molecule has 0 aliphatic carbocycles. The molecular weight excluding hydrogens is 489 g/mol. The van der Waals surface area contributed by atoms with Gasteiger partial charge in [-0.3, -0.25) is 9.69 Å². The third-order valence-electron chi connectivity index (χ3n) is 6.00. The maximum atomic E-state index is 12.7. The fraction of sp³-hybridized carbons (Fsp3) is 0.250. The number of fused-ring (bicyclic) bond motifs is 5. The number of hydrogen-bond donors (Lipinski definition) is 2. The van der Waals surface area contributed by atoms with Gasteiger partial charge in [0.15, 0.2) is 0 Å². The lowest BCUT2D eigenvalue weighted by atomic mass is 9.91. The SMILES string of the molecule is CN1C2CCC1c1cc(NC(=O)c3cc(-c4ccc(Cl)cc4)cs3)ccc12.O=C(O)C(F)(F)F. The number of carboxylic acids is 1. The highest BCUT2D eigenvalue weighted by Crippen LogP contribution is 2.52. The molecule has 2 N–H and O–H groups in total. The fourth-order valence-electron chi connectivity index (χ4n) is 4.38. The largest absolute Gasteiger partial charge is 0.490 e. The summed E-state index contributed by atoms with van der Waals surface area (Å²) >= 11 is 7.41. The van der Waals surface area contributed by atoms with Gasteiger partial charge < -0.3 is 10.4 Å². The first-order chi connectivity index (χ1) is 16.0. The summed E-state index contributed by atoms with van der Waals surface area (Å²) in [5, 5.41) is 12.9. The zero-order valence-corrected chi connectivity index (χ0v) is 19.5. The smallest absolute Gasteiger partial charge is 0.475 e. The summed E-state index contributed by atoms with van der Waals surface area (Å²) in [6.45, 7) is 0. The normalized spacial score (nSPS) is 18.7. The van der Waals surface area contributed by atoms with E-state index in [-0.39, 0.29) is 5.91 Å². The first-order valence-electron chi connectivity index (χ1n) is 10.4. The molecular formula is C24H20ClF3N2O3S. The summed E-state index contributed by atoms with van der Waals surface area (Å²) in [7, 11) is 2.20. The Balaban J connectivity index is 0.000000344. The average molecular weight is 509 g/mol. The first-order valence-corrected chi connectivity index (χ1v) is 11.6. The van der Waals surface area contributed by atoms with Gasteiger partial charge in [0, 0.05) is 22.8 Å². The summed E-state index contributed by atoms with van der Waals surface area (Å²) in [4.78, 5) is 24.8. The Labute approximate surface area is 202 Å². The summed E-state index contributed by atoms with van der Waals surface area (Å²) in [6, 6.07) is 17.0. The minimum Gasteiger partial charge on any atom is -0.475 e. The van der Waals surface area contributed by atoms with Crippen molar-refractivity contribution >= 4 is 40.5 Å². The molecule has 2 unspecified atom stereocenters. The lowest BCUT2D eigenvalue weighted by molar-refractivity contribution is -0.192. The number of nitrogens with zero attached hydrogens (tertiary/aromatic N) is 1. The van der Waals surface area contributed by atoms with Crippen molar-refractivity contribution in [3.8, 4) is 11.1 Å². The van der Waals surface area contributed by atoms with Gasteiger partial charge in [0.2, 0.25) is 0 Å². The van der Waals surface area contributed by atoms with Crippen LogP contribution in [0.25, 0.3) is 11.1 Å². The maximum Gasteiger partial charge on any atom is 0.490 e. The Morgan fingerprint density at radius 2 is 1.65 bits per heavy atom. The molecule has 0 saturated carbocycles. The Bertz CT molecular complexity index is 1230.